The van der Waals surface area contributed by atoms with Crippen molar-refractivity contribution in [2.75, 3.05) is 13.1 Å². The molecule has 2 atom stereocenters. The SMILES string of the molecule is C[C@@H]1CN(C(=O)Cc2cccc(OC(F)(F)F)c2)C[C@H]1C(N)=O. The fourth-order valence-corrected chi connectivity index (χ4v) is 2.68. The molecule has 5 nitrogen and oxygen atoms in total. The number of primary amides is 1. The van der Waals surface area contributed by atoms with Crippen molar-refractivity contribution in [3.63, 3.8) is 0 Å². The number of hydrogen-bond donors (Lipinski definition) is 1. The van der Waals surface area contributed by atoms with Crippen LogP contribution >= 0.6 is 0 Å². The van der Waals surface area contributed by atoms with E-state index in [1.54, 1.807) is 6.07 Å². The molecule has 126 valence electrons. The summed E-state index contributed by atoms with van der Waals surface area (Å²) < 4.78 is 40.4. The molecule has 0 bridgehead atoms. The van der Waals surface area contributed by atoms with Gasteiger partial charge in [-0.15, -0.1) is 13.2 Å². The van der Waals surface area contributed by atoms with Crippen LogP contribution in [-0.4, -0.2) is 36.2 Å². The quantitative estimate of drug-likeness (QED) is 0.913. The van der Waals surface area contributed by atoms with Crippen molar-refractivity contribution in [1.82, 2.24) is 4.90 Å². The molecule has 0 saturated carbocycles. The second-order valence-corrected chi connectivity index (χ2v) is 5.66. The van der Waals surface area contributed by atoms with E-state index in [1.165, 1.54) is 23.1 Å². The third-order valence-corrected chi connectivity index (χ3v) is 3.82. The number of rotatable bonds is 4. The van der Waals surface area contributed by atoms with Crippen molar-refractivity contribution in [1.29, 1.82) is 0 Å². The molecule has 8 heteroatoms. The summed E-state index contributed by atoms with van der Waals surface area (Å²) in [5.41, 5.74) is 5.69. The molecule has 1 aromatic rings. The molecule has 1 heterocycles. The average molecular weight is 330 g/mol. The van der Waals surface area contributed by atoms with Crippen LogP contribution in [0.5, 0.6) is 5.75 Å². The summed E-state index contributed by atoms with van der Waals surface area (Å²) >= 11 is 0. The predicted molar refractivity (Wildman–Crippen MR) is 75.3 cm³/mol. The van der Waals surface area contributed by atoms with Gasteiger partial charge in [0.05, 0.1) is 12.3 Å². The second-order valence-electron chi connectivity index (χ2n) is 5.66. The maximum absolute atomic E-state index is 12.2. The van der Waals surface area contributed by atoms with Crippen molar-refractivity contribution in [3.8, 4) is 5.75 Å². The van der Waals surface area contributed by atoms with Crippen LogP contribution in [0.2, 0.25) is 0 Å². The molecular weight excluding hydrogens is 313 g/mol. The molecule has 1 fully saturated rings. The molecule has 2 rings (SSSR count). The Morgan fingerprint density at radius 3 is 2.61 bits per heavy atom. The van der Waals surface area contributed by atoms with Gasteiger partial charge >= 0.3 is 6.36 Å². The molecule has 0 aromatic heterocycles. The molecule has 2 amide bonds. The van der Waals surface area contributed by atoms with Gasteiger partial charge in [-0.2, -0.15) is 0 Å². The van der Waals surface area contributed by atoms with Crippen molar-refractivity contribution in [3.05, 3.63) is 29.8 Å². The monoisotopic (exact) mass is 330 g/mol. The standard InChI is InChI=1S/C15H17F3N2O3/c1-9-7-20(8-12(9)14(19)22)13(21)6-10-3-2-4-11(5-10)23-15(16,17)18/h2-5,9,12H,6-8H2,1H3,(H2,19,22)/t9-,12-/m1/s1. The van der Waals surface area contributed by atoms with Crippen LogP contribution in [0.1, 0.15) is 12.5 Å². The van der Waals surface area contributed by atoms with Crippen molar-refractivity contribution in [2.45, 2.75) is 19.7 Å². The number of halogens is 3. The van der Waals surface area contributed by atoms with Crippen LogP contribution < -0.4 is 10.5 Å². The average Bonchev–Trinajstić information content (AvgIpc) is 2.79. The number of nitrogens with two attached hydrogens (primary N) is 1. The highest BCUT2D eigenvalue weighted by atomic mass is 19.4. The Morgan fingerprint density at radius 1 is 1.35 bits per heavy atom. The van der Waals surface area contributed by atoms with Gasteiger partial charge in [0.1, 0.15) is 5.75 Å². The van der Waals surface area contributed by atoms with Gasteiger partial charge in [-0.25, -0.2) is 0 Å². The Kier molecular flexibility index (Phi) is 4.82. The first-order valence-corrected chi connectivity index (χ1v) is 7.07. The van der Waals surface area contributed by atoms with E-state index < -0.39 is 12.3 Å². The van der Waals surface area contributed by atoms with Crippen LogP contribution in [0.15, 0.2) is 24.3 Å². The maximum Gasteiger partial charge on any atom is 0.573 e. The summed E-state index contributed by atoms with van der Waals surface area (Å²) in [6.07, 6.45) is -4.84. The lowest BCUT2D eigenvalue weighted by molar-refractivity contribution is -0.274. The van der Waals surface area contributed by atoms with Gasteiger partial charge < -0.3 is 15.4 Å². The van der Waals surface area contributed by atoms with E-state index >= 15 is 0 Å². The molecule has 1 saturated heterocycles. The lowest BCUT2D eigenvalue weighted by atomic mass is 9.98. The highest BCUT2D eigenvalue weighted by Crippen LogP contribution is 2.25. The van der Waals surface area contributed by atoms with E-state index in [0.29, 0.717) is 12.1 Å². The zero-order chi connectivity index (χ0) is 17.2. The molecule has 1 aliphatic rings. The number of ether oxygens (including phenoxy) is 1. The van der Waals surface area contributed by atoms with Gasteiger partial charge in [0, 0.05) is 13.1 Å². The Labute approximate surface area is 131 Å². The number of amides is 2. The summed E-state index contributed by atoms with van der Waals surface area (Å²) in [6, 6.07) is 5.29. The summed E-state index contributed by atoms with van der Waals surface area (Å²) in [5.74, 6) is -1.50. The summed E-state index contributed by atoms with van der Waals surface area (Å²) in [7, 11) is 0. The lowest BCUT2D eigenvalue weighted by Crippen LogP contribution is -2.32. The van der Waals surface area contributed by atoms with Crippen molar-refractivity contribution >= 4 is 11.8 Å². The van der Waals surface area contributed by atoms with Crippen LogP contribution in [0.4, 0.5) is 13.2 Å². The van der Waals surface area contributed by atoms with Gasteiger partial charge in [0.15, 0.2) is 0 Å². The van der Waals surface area contributed by atoms with Crippen LogP contribution in [0.25, 0.3) is 0 Å². The fourth-order valence-electron chi connectivity index (χ4n) is 2.68. The normalized spacial score (nSPS) is 21.3. The summed E-state index contributed by atoms with van der Waals surface area (Å²) in [6.45, 7) is 2.49. The van der Waals surface area contributed by atoms with Gasteiger partial charge in [0.2, 0.25) is 11.8 Å². The Balaban J connectivity index is 2.01. The second kappa shape index (κ2) is 6.47. The number of nitrogens with zero attached hydrogens (tertiary/aromatic N) is 1. The van der Waals surface area contributed by atoms with E-state index in [1.807, 2.05) is 6.92 Å². The highest BCUT2D eigenvalue weighted by Gasteiger charge is 2.35. The molecule has 1 aromatic carbocycles. The highest BCUT2D eigenvalue weighted by molar-refractivity contribution is 5.82. The van der Waals surface area contributed by atoms with E-state index in [-0.39, 0.29) is 36.5 Å². The number of hydrogen-bond acceptors (Lipinski definition) is 3. The predicted octanol–water partition coefficient (Wildman–Crippen LogP) is 1.71. The molecule has 0 spiro atoms. The number of carbonyl (C=O) groups is 2. The molecule has 0 unspecified atom stereocenters. The van der Waals surface area contributed by atoms with Crippen molar-refractivity contribution < 1.29 is 27.5 Å². The minimum atomic E-state index is -4.78. The van der Waals surface area contributed by atoms with E-state index in [9.17, 15) is 22.8 Å². The third kappa shape index (κ3) is 4.61. The molecule has 0 aliphatic carbocycles. The Hall–Kier alpha value is -2.25. The first-order chi connectivity index (χ1) is 10.7. The van der Waals surface area contributed by atoms with Crippen LogP contribution in [0.3, 0.4) is 0 Å². The Morgan fingerprint density at radius 2 is 2.04 bits per heavy atom. The Bertz CT molecular complexity index is 604. The number of alkyl halides is 3. The van der Waals surface area contributed by atoms with Gasteiger partial charge in [-0.05, 0) is 23.6 Å². The van der Waals surface area contributed by atoms with Gasteiger partial charge in [0.25, 0.3) is 0 Å². The smallest absolute Gasteiger partial charge is 0.406 e. The third-order valence-electron chi connectivity index (χ3n) is 3.82. The summed E-state index contributed by atoms with van der Waals surface area (Å²) in [4.78, 5) is 25.0. The van der Waals surface area contributed by atoms with Crippen LogP contribution in [-0.2, 0) is 16.0 Å². The number of carbonyl (C=O) groups excluding carboxylic acids is 2. The molecule has 2 N–H and O–H groups in total. The van der Waals surface area contributed by atoms with Crippen molar-refractivity contribution in [2.24, 2.45) is 17.6 Å². The lowest BCUT2D eigenvalue weighted by Gasteiger charge is -2.16. The minimum absolute atomic E-state index is 0.0312. The van der Waals surface area contributed by atoms with Gasteiger partial charge in [-0.1, -0.05) is 19.1 Å². The molecule has 23 heavy (non-hydrogen) atoms. The van der Waals surface area contributed by atoms with E-state index in [0.717, 1.165) is 0 Å². The first-order valence-electron chi connectivity index (χ1n) is 7.07. The van der Waals surface area contributed by atoms with Crippen LogP contribution in [0, 0.1) is 11.8 Å². The van der Waals surface area contributed by atoms with Gasteiger partial charge in [-0.3, -0.25) is 9.59 Å². The van der Waals surface area contributed by atoms with E-state index in [2.05, 4.69) is 4.74 Å². The zero-order valence-electron chi connectivity index (χ0n) is 12.5. The fraction of sp³-hybridized carbons (Fsp3) is 0.467. The maximum atomic E-state index is 12.2. The molecule has 0 radical (unpaired) electrons. The van der Waals surface area contributed by atoms with E-state index in [4.69, 9.17) is 5.73 Å². The number of benzene rings is 1. The largest absolute Gasteiger partial charge is 0.573 e. The topological polar surface area (TPSA) is 72.6 Å². The minimum Gasteiger partial charge on any atom is -0.406 e. The first kappa shape index (κ1) is 17.1. The number of likely N-dealkylation sites (tertiary alicyclic amines) is 1. The molecular formula is C15H17F3N2O3. The zero-order valence-corrected chi connectivity index (χ0v) is 12.5. The summed E-state index contributed by atoms with van der Waals surface area (Å²) in [5, 5.41) is 0. The molecule has 1 aliphatic heterocycles.